The molecule has 1 heterocycles. The number of anilines is 1. The fourth-order valence-corrected chi connectivity index (χ4v) is 0.984. The minimum absolute atomic E-state index is 0.694. The zero-order chi connectivity index (χ0) is 7.23. The van der Waals surface area contributed by atoms with Gasteiger partial charge in [0.15, 0.2) is 0 Å². The van der Waals surface area contributed by atoms with Gasteiger partial charge >= 0.3 is 0 Å². The average molecular weight is 159 g/mol. The summed E-state index contributed by atoms with van der Waals surface area (Å²) in [6.07, 6.45) is 0. The van der Waals surface area contributed by atoms with Crippen LogP contribution in [0.3, 0.4) is 0 Å². The van der Waals surface area contributed by atoms with E-state index in [2.05, 4.69) is 15.5 Å². The summed E-state index contributed by atoms with van der Waals surface area (Å²) in [6.45, 7) is 1.48. The Morgan fingerprint density at radius 1 is 1.80 bits per heavy atom. The number of methoxy groups -OCH3 is 1. The number of hydrogen-bond acceptors (Lipinski definition) is 5. The van der Waals surface area contributed by atoms with E-state index < -0.39 is 0 Å². The zero-order valence-electron chi connectivity index (χ0n) is 5.70. The molecule has 0 saturated heterocycles. The summed E-state index contributed by atoms with van der Waals surface area (Å²) in [6, 6.07) is 0. The van der Waals surface area contributed by atoms with Crippen LogP contribution < -0.4 is 5.32 Å². The second kappa shape index (κ2) is 4.19. The van der Waals surface area contributed by atoms with Crippen LogP contribution in [-0.2, 0) is 4.74 Å². The van der Waals surface area contributed by atoms with Crippen LogP contribution in [0.2, 0.25) is 0 Å². The molecule has 0 fully saturated rings. The molecule has 1 aromatic heterocycles. The van der Waals surface area contributed by atoms with Gasteiger partial charge in [0, 0.05) is 13.7 Å². The van der Waals surface area contributed by atoms with Crippen LogP contribution in [0.5, 0.6) is 0 Å². The Labute approximate surface area is 63.2 Å². The van der Waals surface area contributed by atoms with E-state index in [1.165, 1.54) is 11.3 Å². The summed E-state index contributed by atoms with van der Waals surface area (Å²) in [7, 11) is 1.67. The third-order valence-corrected chi connectivity index (χ3v) is 1.59. The van der Waals surface area contributed by atoms with Crippen LogP contribution in [0.15, 0.2) is 5.51 Å². The molecule has 0 aromatic carbocycles. The van der Waals surface area contributed by atoms with E-state index in [0.717, 1.165) is 11.7 Å². The Balaban J connectivity index is 2.15. The molecule has 0 aliphatic rings. The quantitative estimate of drug-likeness (QED) is 0.653. The van der Waals surface area contributed by atoms with Crippen molar-refractivity contribution in [3.8, 4) is 0 Å². The second-order valence-electron chi connectivity index (χ2n) is 1.66. The first kappa shape index (κ1) is 7.43. The molecule has 0 aliphatic heterocycles. The summed E-state index contributed by atoms with van der Waals surface area (Å²) in [5.74, 6) is 0. The minimum atomic E-state index is 0.694. The third kappa shape index (κ3) is 2.28. The number of aromatic nitrogens is 2. The number of nitrogens with zero attached hydrogens (tertiary/aromatic N) is 2. The van der Waals surface area contributed by atoms with E-state index in [9.17, 15) is 0 Å². The molecule has 0 aliphatic carbocycles. The predicted octanol–water partition coefficient (Wildman–Crippen LogP) is 0.596. The monoisotopic (exact) mass is 159 g/mol. The highest BCUT2D eigenvalue weighted by Crippen LogP contribution is 2.06. The molecule has 1 N–H and O–H groups in total. The van der Waals surface area contributed by atoms with Gasteiger partial charge in [-0.2, -0.15) is 0 Å². The van der Waals surface area contributed by atoms with Gasteiger partial charge in [-0.1, -0.05) is 11.3 Å². The Kier molecular flexibility index (Phi) is 3.11. The Morgan fingerprint density at radius 2 is 2.70 bits per heavy atom. The molecule has 4 nitrogen and oxygen atoms in total. The first-order chi connectivity index (χ1) is 4.93. The molecule has 5 heteroatoms. The molecule has 0 bridgehead atoms. The van der Waals surface area contributed by atoms with Gasteiger partial charge in [0.1, 0.15) is 5.51 Å². The number of nitrogens with one attached hydrogen (secondary N) is 1. The zero-order valence-corrected chi connectivity index (χ0v) is 6.52. The van der Waals surface area contributed by atoms with Crippen molar-refractivity contribution in [2.24, 2.45) is 0 Å². The van der Waals surface area contributed by atoms with Crippen molar-refractivity contribution in [2.75, 3.05) is 25.6 Å². The SMILES string of the molecule is COCCNc1nncs1. The van der Waals surface area contributed by atoms with Crippen LogP contribution in [-0.4, -0.2) is 30.5 Å². The van der Waals surface area contributed by atoms with Gasteiger partial charge in [0.25, 0.3) is 0 Å². The van der Waals surface area contributed by atoms with Gasteiger partial charge in [-0.05, 0) is 0 Å². The summed E-state index contributed by atoms with van der Waals surface area (Å²) in [4.78, 5) is 0. The van der Waals surface area contributed by atoms with E-state index in [1.54, 1.807) is 12.6 Å². The Bertz CT molecular complexity index is 165. The van der Waals surface area contributed by atoms with Gasteiger partial charge in [-0.25, -0.2) is 0 Å². The summed E-state index contributed by atoms with van der Waals surface area (Å²) < 4.78 is 4.83. The first-order valence-corrected chi connectivity index (χ1v) is 3.80. The molecule has 0 saturated carbocycles. The smallest absolute Gasteiger partial charge is 0.205 e. The van der Waals surface area contributed by atoms with Crippen molar-refractivity contribution in [3.05, 3.63) is 5.51 Å². The van der Waals surface area contributed by atoms with Gasteiger partial charge < -0.3 is 10.1 Å². The standard InChI is InChI=1S/C5H9N3OS/c1-9-3-2-6-5-8-7-4-10-5/h4H,2-3H2,1H3,(H,6,8). The largest absolute Gasteiger partial charge is 0.383 e. The van der Waals surface area contributed by atoms with Crippen molar-refractivity contribution < 1.29 is 4.74 Å². The van der Waals surface area contributed by atoms with Crippen molar-refractivity contribution in [1.29, 1.82) is 0 Å². The maximum absolute atomic E-state index is 4.83. The molecule has 0 spiro atoms. The molecular weight excluding hydrogens is 150 g/mol. The Morgan fingerprint density at radius 3 is 3.30 bits per heavy atom. The third-order valence-electron chi connectivity index (χ3n) is 0.942. The van der Waals surface area contributed by atoms with Crippen molar-refractivity contribution in [3.63, 3.8) is 0 Å². The van der Waals surface area contributed by atoms with Crippen molar-refractivity contribution >= 4 is 16.5 Å². The van der Waals surface area contributed by atoms with Gasteiger partial charge in [0.05, 0.1) is 6.61 Å². The lowest BCUT2D eigenvalue weighted by atomic mass is 10.7. The van der Waals surface area contributed by atoms with Gasteiger partial charge in [-0.3, -0.25) is 0 Å². The molecule has 0 unspecified atom stereocenters. The van der Waals surface area contributed by atoms with E-state index >= 15 is 0 Å². The number of hydrogen-bond donors (Lipinski definition) is 1. The fourth-order valence-electron chi connectivity index (χ4n) is 0.510. The van der Waals surface area contributed by atoms with E-state index in [-0.39, 0.29) is 0 Å². The number of ether oxygens (including phenoxy) is 1. The summed E-state index contributed by atoms with van der Waals surface area (Å²) >= 11 is 1.48. The predicted molar refractivity (Wildman–Crippen MR) is 40.3 cm³/mol. The van der Waals surface area contributed by atoms with Crippen molar-refractivity contribution in [2.45, 2.75) is 0 Å². The fraction of sp³-hybridized carbons (Fsp3) is 0.600. The topological polar surface area (TPSA) is 47.0 Å². The molecule has 0 amide bonds. The molecule has 10 heavy (non-hydrogen) atoms. The highest BCUT2D eigenvalue weighted by molar-refractivity contribution is 7.13. The molecule has 56 valence electrons. The second-order valence-corrected chi connectivity index (χ2v) is 2.50. The summed E-state index contributed by atoms with van der Waals surface area (Å²) in [5.41, 5.74) is 1.69. The molecular formula is C5H9N3OS. The summed E-state index contributed by atoms with van der Waals surface area (Å²) in [5, 5.41) is 11.3. The lowest BCUT2D eigenvalue weighted by molar-refractivity contribution is 0.211. The maximum Gasteiger partial charge on any atom is 0.205 e. The van der Waals surface area contributed by atoms with Crippen LogP contribution >= 0.6 is 11.3 Å². The van der Waals surface area contributed by atoms with Crippen LogP contribution in [0.25, 0.3) is 0 Å². The highest BCUT2D eigenvalue weighted by Gasteiger charge is 1.91. The highest BCUT2D eigenvalue weighted by atomic mass is 32.1. The van der Waals surface area contributed by atoms with Crippen LogP contribution in [0.1, 0.15) is 0 Å². The normalized spacial score (nSPS) is 9.70. The van der Waals surface area contributed by atoms with E-state index in [1.807, 2.05) is 0 Å². The lowest BCUT2D eigenvalue weighted by Gasteiger charge is -1.98. The van der Waals surface area contributed by atoms with E-state index in [0.29, 0.717) is 6.61 Å². The average Bonchev–Trinajstić information content (AvgIpc) is 2.41. The minimum Gasteiger partial charge on any atom is -0.383 e. The molecule has 1 rings (SSSR count). The van der Waals surface area contributed by atoms with E-state index in [4.69, 9.17) is 4.74 Å². The molecule has 1 aromatic rings. The van der Waals surface area contributed by atoms with Gasteiger partial charge in [0.2, 0.25) is 5.13 Å². The van der Waals surface area contributed by atoms with Crippen LogP contribution in [0, 0.1) is 0 Å². The number of rotatable bonds is 4. The van der Waals surface area contributed by atoms with Crippen LogP contribution in [0.4, 0.5) is 5.13 Å². The Hall–Kier alpha value is -0.680. The lowest BCUT2D eigenvalue weighted by Crippen LogP contribution is -2.06. The molecule has 0 atom stereocenters. The first-order valence-electron chi connectivity index (χ1n) is 2.92. The maximum atomic E-state index is 4.83. The van der Waals surface area contributed by atoms with Crippen molar-refractivity contribution in [1.82, 2.24) is 10.2 Å². The van der Waals surface area contributed by atoms with Gasteiger partial charge in [-0.15, -0.1) is 10.2 Å². The molecule has 0 radical (unpaired) electrons.